The smallest absolute Gasteiger partial charge is 0.393 e. The van der Waals surface area contributed by atoms with Crippen molar-refractivity contribution in [2.75, 3.05) is 46.0 Å². The van der Waals surface area contributed by atoms with Crippen molar-refractivity contribution in [2.24, 2.45) is 17.6 Å². The van der Waals surface area contributed by atoms with Gasteiger partial charge < -0.3 is 15.2 Å². The van der Waals surface area contributed by atoms with E-state index >= 15 is 0 Å². The second-order valence-corrected chi connectivity index (χ2v) is 9.12. The molecule has 0 aliphatic carbocycles. The lowest BCUT2D eigenvalue weighted by molar-refractivity contribution is -0.188. The quantitative estimate of drug-likeness (QED) is 0.712. The third-order valence-electron chi connectivity index (χ3n) is 5.09. The number of nitrogens with two attached hydrogens (primary N) is 1. The van der Waals surface area contributed by atoms with Gasteiger partial charge in [-0.1, -0.05) is 0 Å². The van der Waals surface area contributed by atoms with Crippen LogP contribution in [0.3, 0.4) is 0 Å². The molecule has 2 aliphatic rings. The number of halogens is 3. The maximum atomic E-state index is 13.5. The van der Waals surface area contributed by atoms with E-state index < -0.39 is 34.8 Å². The van der Waals surface area contributed by atoms with Crippen molar-refractivity contribution in [1.29, 1.82) is 0 Å². The van der Waals surface area contributed by atoms with E-state index in [2.05, 4.69) is 4.98 Å². The van der Waals surface area contributed by atoms with Gasteiger partial charge in [0.1, 0.15) is 0 Å². The summed E-state index contributed by atoms with van der Waals surface area (Å²) >= 11 is 0. The zero-order chi connectivity index (χ0) is 21.1. The summed E-state index contributed by atoms with van der Waals surface area (Å²) in [6.07, 6.45) is -3.18. The molecule has 2 N–H and O–H groups in total. The van der Waals surface area contributed by atoms with Crippen LogP contribution in [0.25, 0.3) is 0 Å². The molecule has 2 fully saturated rings. The average molecular weight is 438 g/mol. The fourth-order valence-corrected chi connectivity index (χ4v) is 5.21. The van der Waals surface area contributed by atoms with Crippen LogP contribution in [0.15, 0.2) is 18.3 Å². The Bertz CT molecular complexity index is 787. The summed E-state index contributed by atoms with van der Waals surface area (Å²) in [6, 6.07) is 3.33. The van der Waals surface area contributed by atoms with Gasteiger partial charge in [0.2, 0.25) is 5.88 Å². The minimum atomic E-state index is -4.49. The first-order chi connectivity index (χ1) is 13.7. The number of rotatable bonds is 6. The van der Waals surface area contributed by atoms with Crippen LogP contribution in [0.1, 0.15) is 12.0 Å². The molecule has 1 aromatic rings. The SMILES string of the molecule is NCc1ccnc(OC[C@H]2C[C@@H](C(F)(F)F)CN(S(=O)(=O)N3CCOCC3)C2)c1. The van der Waals surface area contributed by atoms with Crippen molar-refractivity contribution in [3.63, 3.8) is 0 Å². The van der Waals surface area contributed by atoms with E-state index in [1.807, 2.05) is 0 Å². The molecular weight excluding hydrogens is 413 g/mol. The minimum absolute atomic E-state index is 0.0388. The minimum Gasteiger partial charge on any atom is -0.477 e. The van der Waals surface area contributed by atoms with Gasteiger partial charge in [0, 0.05) is 50.9 Å². The summed E-state index contributed by atoms with van der Waals surface area (Å²) in [4.78, 5) is 4.03. The molecule has 0 aromatic carbocycles. The first kappa shape index (κ1) is 22.2. The summed E-state index contributed by atoms with van der Waals surface area (Å²) in [5, 5.41) is 0. The largest absolute Gasteiger partial charge is 0.477 e. The highest BCUT2D eigenvalue weighted by molar-refractivity contribution is 7.86. The molecule has 8 nitrogen and oxygen atoms in total. The molecule has 0 bridgehead atoms. The normalized spacial score (nSPS) is 25.1. The second kappa shape index (κ2) is 9.13. The Hall–Kier alpha value is -1.47. The molecule has 0 radical (unpaired) electrons. The zero-order valence-electron chi connectivity index (χ0n) is 15.8. The molecule has 0 unspecified atom stereocenters. The van der Waals surface area contributed by atoms with Crippen LogP contribution in [-0.4, -0.2) is 74.2 Å². The van der Waals surface area contributed by atoms with Crippen LogP contribution < -0.4 is 10.5 Å². The number of nitrogens with zero attached hydrogens (tertiary/aromatic N) is 3. The maximum absolute atomic E-state index is 13.5. The van der Waals surface area contributed by atoms with Crippen molar-refractivity contribution in [3.05, 3.63) is 23.9 Å². The first-order valence-electron chi connectivity index (χ1n) is 9.37. The summed E-state index contributed by atoms with van der Waals surface area (Å²) in [5.74, 6) is -2.11. The van der Waals surface area contributed by atoms with Gasteiger partial charge in [0.05, 0.1) is 25.7 Å². The molecule has 2 saturated heterocycles. The Morgan fingerprint density at radius 1 is 1.24 bits per heavy atom. The lowest BCUT2D eigenvalue weighted by Crippen LogP contribution is -2.55. The molecule has 12 heteroatoms. The monoisotopic (exact) mass is 438 g/mol. The lowest BCUT2D eigenvalue weighted by atomic mass is 9.90. The third-order valence-corrected chi connectivity index (χ3v) is 7.06. The molecule has 3 rings (SSSR count). The third kappa shape index (κ3) is 5.57. The Balaban J connectivity index is 1.72. The van der Waals surface area contributed by atoms with Crippen LogP contribution in [0.2, 0.25) is 0 Å². The number of pyridine rings is 1. The van der Waals surface area contributed by atoms with E-state index in [4.69, 9.17) is 15.2 Å². The van der Waals surface area contributed by atoms with Crippen molar-refractivity contribution in [2.45, 2.75) is 19.1 Å². The van der Waals surface area contributed by atoms with Crippen molar-refractivity contribution < 1.29 is 31.1 Å². The van der Waals surface area contributed by atoms with Gasteiger partial charge in [-0.3, -0.25) is 0 Å². The van der Waals surface area contributed by atoms with E-state index in [0.29, 0.717) is 0 Å². The lowest BCUT2D eigenvalue weighted by Gasteiger charge is -2.40. The molecule has 29 heavy (non-hydrogen) atoms. The molecular formula is C17H25F3N4O4S. The molecule has 0 spiro atoms. The van der Waals surface area contributed by atoms with E-state index in [0.717, 1.165) is 9.87 Å². The highest BCUT2D eigenvalue weighted by Crippen LogP contribution is 2.37. The summed E-state index contributed by atoms with van der Waals surface area (Å²) in [7, 11) is -4.01. The standard InChI is InChI=1S/C17H25F3N4O4S/c18-17(19,20)15-7-14(12-28-16-8-13(9-21)1-2-22-16)10-24(11-15)29(25,26)23-3-5-27-6-4-23/h1-2,8,14-15H,3-7,9-12,21H2/t14-,15+/m0/s1. The Kier molecular flexibility index (Phi) is 6.99. The van der Waals surface area contributed by atoms with E-state index in [-0.39, 0.29) is 58.3 Å². The number of hydrogen-bond donors (Lipinski definition) is 1. The van der Waals surface area contributed by atoms with E-state index in [9.17, 15) is 21.6 Å². The number of piperidine rings is 1. The van der Waals surface area contributed by atoms with E-state index in [1.54, 1.807) is 12.1 Å². The van der Waals surface area contributed by atoms with Crippen molar-refractivity contribution in [1.82, 2.24) is 13.6 Å². The van der Waals surface area contributed by atoms with Gasteiger partial charge >= 0.3 is 6.18 Å². The Morgan fingerprint density at radius 3 is 2.62 bits per heavy atom. The summed E-state index contributed by atoms with van der Waals surface area (Å²) < 4.78 is 79.0. The molecule has 164 valence electrons. The van der Waals surface area contributed by atoms with Crippen LogP contribution in [0.4, 0.5) is 13.2 Å². The topological polar surface area (TPSA) is 98.0 Å². The van der Waals surface area contributed by atoms with Gasteiger partial charge in [-0.15, -0.1) is 0 Å². The highest BCUT2D eigenvalue weighted by atomic mass is 32.2. The van der Waals surface area contributed by atoms with Gasteiger partial charge in [0.25, 0.3) is 10.2 Å². The van der Waals surface area contributed by atoms with Crippen LogP contribution >= 0.6 is 0 Å². The molecule has 1 aromatic heterocycles. The summed E-state index contributed by atoms with van der Waals surface area (Å²) in [5.41, 5.74) is 6.35. The predicted molar refractivity (Wildman–Crippen MR) is 98.2 cm³/mol. The maximum Gasteiger partial charge on any atom is 0.393 e. The Labute approximate surface area is 167 Å². The van der Waals surface area contributed by atoms with Crippen molar-refractivity contribution in [3.8, 4) is 5.88 Å². The number of alkyl halides is 3. The zero-order valence-corrected chi connectivity index (χ0v) is 16.7. The Morgan fingerprint density at radius 2 is 1.97 bits per heavy atom. The van der Waals surface area contributed by atoms with Gasteiger partial charge in [-0.2, -0.15) is 30.2 Å². The second-order valence-electron chi connectivity index (χ2n) is 7.19. The molecule has 2 atom stereocenters. The van der Waals surface area contributed by atoms with Crippen molar-refractivity contribution >= 4 is 10.2 Å². The van der Waals surface area contributed by atoms with Crippen LogP contribution in [0.5, 0.6) is 5.88 Å². The molecule has 2 aliphatic heterocycles. The van der Waals surface area contributed by atoms with Crippen LogP contribution in [-0.2, 0) is 21.5 Å². The van der Waals surface area contributed by atoms with E-state index in [1.165, 1.54) is 10.5 Å². The van der Waals surface area contributed by atoms with Gasteiger partial charge in [0.15, 0.2) is 0 Å². The fourth-order valence-electron chi connectivity index (χ4n) is 3.51. The number of hydrogen-bond acceptors (Lipinski definition) is 6. The van der Waals surface area contributed by atoms with Gasteiger partial charge in [-0.25, -0.2) is 4.98 Å². The predicted octanol–water partition coefficient (Wildman–Crippen LogP) is 0.997. The number of aromatic nitrogens is 1. The van der Waals surface area contributed by atoms with Crippen LogP contribution in [0, 0.1) is 11.8 Å². The average Bonchev–Trinajstić information content (AvgIpc) is 2.72. The fraction of sp³-hybridized carbons (Fsp3) is 0.706. The first-order valence-corrected chi connectivity index (χ1v) is 10.8. The molecule has 0 saturated carbocycles. The molecule has 0 amide bonds. The highest BCUT2D eigenvalue weighted by Gasteiger charge is 2.48. The molecule has 3 heterocycles. The number of ether oxygens (including phenoxy) is 2. The number of morpholine rings is 1. The summed E-state index contributed by atoms with van der Waals surface area (Å²) in [6.45, 7) is 0.312. The van der Waals surface area contributed by atoms with Gasteiger partial charge in [-0.05, 0) is 18.1 Å².